The molecule has 6 nitrogen and oxygen atoms in total. The molecule has 3 unspecified atom stereocenters. The summed E-state index contributed by atoms with van der Waals surface area (Å²) in [5.74, 6) is -1.40. The first-order chi connectivity index (χ1) is 12.2. The van der Waals surface area contributed by atoms with Gasteiger partial charge in [0, 0.05) is 13.8 Å². The topological polar surface area (TPSA) is 89.9 Å². The molecule has 2 rings (SSSR count). The van der Waals surface area contributed by atoms with Crippen LogP contribution in [0.2, 0.25) is 0 Å². The fourth-order valence-electron chi connectivity index (χ4n) is 3.96. The number of carbonyl (C=O) groups is 3. The molecule has 26 heavy (non-hydrogen) atoms. The predicted octanol–water partition coefficient (Wildman–Crippen LogP) is 3.22. The molecule has 0 saturated heterocycles. The maximum atomic E-state index is 12.2. The van der Waals surface area contributed by atoms with E-state index >= 15 is 0 Å². The molecule has 1 aromatic rings. The molecule has 0 aliphatic heterocycles. The molecule has 0 radical (unpaired) electrons. The SMILES string of the molecule is CC(=O)OCC1CCCC1C(C)(Cc1ccccc1OC(C)=O)C(=O)O. The van der Waals surface area contributed by atoms with Gasteiger partial charge in [0.15, 0.2) is 0 Å². The molecule has 1 aromatic carbocycles. The highest BCUT2D eigenvalue weighted by Gasteiger charge is 2.47. The molecule has 0 aromatic heterocycles. The van der Waals surface area contributed by atoms with Gasteiger partial charge in [0.1, 0.15) is 5.75 Å². The van der Waals surface area contributed by atoms with Gasteiger partial charge in [-0.15, -0.1) is 0 Å². The minimum absolute atomic E-state index is 0.0147. The normalized spacial score (nSPS) is 21.7. The van der Waals surface area contributed by atoms with E-state index in [0.717, 1.165) is 19.3 Å². The van der Waals surface area contributed by atoms with E-state index < -0.39 is 17.4 Å². The van der Waals surface area contributed by atoms with Crippen molar-refractivity contribution in [3.63, 3.8) is 0 Å². The quantitative estimate of drug-likeness (QED) is 0.592. The van der Waals surface area contributed by atoms with Gasteiger partial charge in [-0.1, -0.05) is 24.6 Å². The van der Waals surface area contributed by atoms with Gasteiger partial charge in [-0.3, -0.25) is 14.4 Å². The summed E-state index contributed by atoms with van der Waals surface area (Å²) in [5.41, 5.74) is -0.358. The van der Waals surface area contributed by atoms with Crippen molar-refractivity contribution in [1.82, 2.24) is 0 Å². The van der Waals surface area contributed by atoms with Crippen LogP contribution >= 0.6 is 0 Å². The van der Waals surface area contributed by atoms with E-state index in [1.54, 1.807) is 31.2 Å². The summed E-state index contributed by atoms with van der Waals surface area (Å²) < 4.78 is 10.4. The minimum Gasteiger partial charge on any atom is -0.481 e. The number of hydrogen-bond acceptors (Lipinski definition) is 5. The fourth-order valence-corrected chi connectivity index (χ4v) is 3.96. The van der Waals surface area contributed by atoms with Gasteiger partial charge in [0.2, 0.25) is 0 Å². The Morgan fingerprint density at radius 1 is 1.15 bits per heavy atom. The lowest BCUT2D eigenvalue weighted by atomic mass is 9.68. The number of benzene rings is 1. The second kappa shape index (κ2) is 8.34. The largest absolute Gasteiger partial charge is 0.481 e. The minimum atomic E-state index is -1.04. The molecule has 1 aliphatic carbocycles. The highest BCUT2D eigenvalue weighted by Crippen LogP contribution is 2.47. The van der Waals surface area contributed by atoms with Crippen molar-refractivity contribution >= 4 is 17.9 Å². The maximum Gasteiger partial charge on any atom is 0.309 e. The zero-order chi connectivity index (χ0) is 19.3. The van der Waals surface area contributed by atoms with E-state index in [0.29, 0.717) is 11.3 Å². The van der Waals surface area contributed by atoms with Crippen LogP contribution in [0.4, 0.5) is 0 Å². The Morgan fingerprint density at radius 2 is 1.85 bits per heavy atom. The molecule has 0 bridgehead atoms. The van der Waals surface area contributed by atoms with E-state index in [1.165, 1.54) is 13.8 Å². The smallest absolute Gasteiger partial charge is 0.309 e. The number of aliphatic carboxylic acids is 1. The Kier molecular flexibility index (Phi) is 6.40. The van der Waals surface area contributed by atoms with Crippen molar-refractivity contribution in [2.24, 2.45) is 17.3 Å². The standard InChI is InChI=1S/C20H26O6/c1-13(21)25-12-16-8-6-9-17(16)20(3,19(23)24)11-15-7-4-5-10-18(15)26-14(2)22/h4-5,7,10,16-17H,6,8-9,11-12H2,1-3H3,(H,23,24). The number of carboxylic acids is 1. The highest BCUT2D eigenvalue weighted by atomic mass is 16.5. The Bertz CT molecular complexity index is 683. The number of carbonyl (C=O) groups excluding carboxylic acids is 2. The van der Waals surface area contributed by atoms with Crippen molar-refractivity contribution in [2.45, 2.75) is 46.5 Å². The van der Waals surface area contributed by atoms with Crippen molar-refractivity contribution in [3.8, 4) is 5.75 Å². The predicted molar refractivity (Wildman–Crippen MR) is 94.7 cm³/mol. The Balaban J connectivity index is 2.28. The average Bonchev–Trinajstić information content (AvgIpc) is 3.03. The van der Waals surface area contributed by atoms with Gasteiger partial charge in [0.05, 0.1) is 12.0 Å². The van der Waals surface area contributed by atoms with E-state index in [-0.39, 0.29) is 30.8 Å². The third-order valence-electron chi connectivity index (χ3n) is 5.25. The first kappa shape index (κ1) is 19.9. The van der Waals surface area contributed by atoms with E-state index in [4.69, 9.17) is 9.47 Å². The number of carboxylic acid groups (broad SMARTS) is 1. The summed E-state index contributed by atoms with van der Waals surface area (Å²) >= 11 is 0. The van der Waals surface area contributed by atoms with E-state index in [9.17, 15) is 19.5 Å². The third kappa shape index (κ3) is 4.62. The van der Waals surface area contributed by atoms with Crippen molar-refractivity contribution in [2.75, 3.05) is 6.61 Å². The van der Waals surface area contributed by atoms with Gasteiger partial charge in [-0.05, 0) is 49.7 Å². The average molecular weight is 362 g/mol. The summed E-state index contributed by atoms with van der Waals surface area (Å²) in [5, 5.41) is 10.0. The van der Waals surface area contributed by atoms with Crippen LogP contribution in [0.5, 0.6) is 5.75 Å². The maximum absolute atomic E-state index is 12.2. The van der Waals surface area contributed by atoms with Gasteiger partial charge in [0.25, 0.3) is 0 Å². The zero-order valence-corrected chi connectivity index (χ0v) is 15.5. The molecule has 0 amide bonds. The number of rotatable bonds is 7. The van der Waals surface area contributed by atoms with Gasteiger partial charge >= 0.3 is 17.9 Å². The number of esters is 2. The van der Waals surface area contributed by atoms with E-state index in [2.05, 4.69) is 0 Å². The lowest BCUT2D eigenvalue weighted by molar-refractivity contribution is -0.153. The Morgan fingerprint density at radius 3 is 2.46 bits per heavy atom. The zero-order valence-electron chi connectivity index (χ0n) is 15.5. The molecule has 142 valence electrons. The van der Waals surface area contributed by atoms with Crippen LogP contribution < -0.4 is 4.74 Å². The second-order valence-corrected chi connectivity index (χ2v) is 7.20. The van der Waals surface area contributed by atoms with Crippen LogP contribution in [0.3, 0.4) is 0 Å². The van der Waals surface area contributed by atoms with Gasteiger partial charge in [-0.25, -0.2) is 0 Å². The van der Waals surface area contributed by atoms with E-state index in [1.807, 2.05) is 0 Å². The molecule has 1 saturated carbocycles. The van der Waals surface area contributed by atoms with Crippen molar-refractivity contribution in [1.29, 1.82) is 0 Å². The summed E-state index contributed by atoms with van der Waals surface area (Å²) in [6, 6.07) is 7.01. The Labute approximate surface area is 153 Å². The molecule has 1 fully saturated rings. The molecule has 0 heterocycles. The number of ether oxygens (including phenoxy) is 2. The molecular weight excluding hydrogens is 336 g/mol. The summed E-state index contributed by atoms with van der Waals surface area (Å²) in [7, 11) is 0. The molecule has 1 N–H and O–H groups in total. The second-order valence-electron chi connectivity index (χ2n) is 7.20. The first-order valence-electron chi connectivity index (χ1n) is 8.87. The van der Waals surface area contributed by atoms with Crippen LogP contribution in [0.1, 0.15) is 45.6 Å². The molecular formula is C20H26O6. The lowest BCUT2D eigenvalue weighted by Gasteiger charge is -2.35. The number of para-hydroxylation sites is 1. The summed E-state index contributed by atoms with van der Waals surface area (Å²) in [4.78, 5) is 34.7. The summed E-state index contributed by atoms with van der Waals surface area (Å²) in [6.07, 6.45) is 2.76. The third-order valence-corrected chi connectivity index (χ3v) is 5.25. The monoisotopic (exact) mass is 362 g/mol. The van der Waals surface area contributed by atoms with Crippen molar-refractivity contribution < 1.29 is 29.0 Å². The van der Waals surface area contributed by atoms with Crippen LogP contribution in [-0.4, -0.2) is 29.6 Å². The molecule has 0 spiro atoms. The van der Waals surface area contributed by atoms with Crippen molar-refractivity contribution in [3.05, 3.63) is 29.8 Å². The van der Waals surface area contributed by atoms with Crippen LogP contribution in [-0.2, 0) is 25.5 Å². The fraction of sp³-hybridized carbons (Fsp3) is 0.550. The summed E-state index contributed by atoms with van der Waals surface area (Å²) in [6.45, 7) is 4.65. The number of hydrogen-bond donors (Lipinski definition) is 1. The highest BCUT2D eigenvalue weighted by molar-refractivity contribution is 5.76. The van der Waals surface area contributed by atoms with Gasteiger partial charge in [-0.2, -0.15) is 0 Å². The molecule has 6 heteroatoms. The molecule has 3 atom stereocenters. The van der Waals surface area contributed by atoms with Crippen LogP contribution in [0.25, 0.3) is 0 Å². The lowest BCUT2D eigenvalue weighted by Crippen LogP contribution is -2.41. The Hall–Kier alpha value is -2.37. The van der Waals surface area contributed by atoms with Crippen LogP contribution in [0, 0.1) is 17.3 Å². The molecule has 1 aliphatic rings. The van der Waals surface area contributed by atoms with Crippen LogP contribution in [0.15, 0.2) is 24.3 Å². The van der Waals surface area contributed by atoms with Gasteiger partial charge < -0.3 is 14.6 Å². The first-order valence-corrected chi connectivity index (χ1v) is 8.87.